The van der Waals surface area contributed by atoms with Gasteiger partial charge >= 0.3 is 0 Å². The van der Waals surface area contributed by atoms with Crippen molar-refractivity contribution >= 4 is 34.1 Å². The number of aromatic nitrogens is 1. The predicted octanol–water partition coefficient (Wildman–Crippen LogP) is 2.67. The van der Waals surface area contributed by atoms with Crippen LogP contribution in [0.1, 0.15) is 6.42 Å². The first-order chi connectivity index (χ1) is 9.58. The van der Waals surface area contributed by atoms with Gasteiger partial charge in [-0.1, -0.05) is 11.6 Å². The van der Waals surface area contributed by atoms with Crippen molar-refractivity contribution in [1.82, 2.24) is 9.88 Å². The molecule has 0 bridgehead atoms. The first-order valence-electron chi connectivity index (χ1n) is 6.32. The number of likely N-dealkylation sites (N-methyl/N-ethyl adjacent to an activating group) is 1. The van der Waals surface area contributed by atoms with E-state index in [2.05, 4.69) is 10.3 Å². The van der Waals surface area contributed by atoms with Crippen LogP contribution in [0.5, 0.6) is 0 Å². The van der Waals surface area contributed by atoms with Gasteiger partial charge in [0.1, 0.15) is 11.6 Å². The molecule has 1 aliphatic heterocycles. The van der Waals surface area contributed by atoms with Gasteiger partial charge < -0.3 is 10.2 Å². The van der Waals surface area contributed by atoms with Crippen molar-refractivity contribution in [1.29, 1.82) is 0 Å². The zero-order valence-corrected chi connectivity index (χ0v) is 11.6. The summed E-state index contributed by atoms with van der Waals surface area (Å²) in [5.41, 5.74) is 0.488. The normalized spacial score (nSPS) is 18.9. The number of nitrogens with one attached hydrogen (secondary N) is 1. The van der Waals surface area contributed by atoms with Crippen LogP contribution in [-0.2, 0) is 4.79 Å². The lowest BCUT2D eigenvalue weighted by atomic mass is 10.1. The average Bonchev–Trinajstić information content (AvgIpc) is 2.75. The second-order valence-corrected chi connectivity index (χ2v) is 5.27. The molecule has 1 unspecified atom stereocenters. The maximum Gasteiger partial charge on any atom is 0.244 e. The Balaban J connectivity index is 1.97. The number of fused-ring (bicyclic) bond motifs is 1. The van der Waals surface area contributed by atoms with E-state index in [9.17, 15) is 9.18 Å². The molecule has 0 radical (unpaired) electrons. The first-order valence-corrected chi connectivity index (χ1v) is 6.70. The second-order valence-electron chi connectivity index (χ2n) is 4.86. The number of pyridine rings is 1. The molecule has 104 valence electrons. The Hall–Kier alpha value is -1.88. The molecule has 4 nitrogen and oxygen atoms in total. The molecule has 1 aromatic carbocycles. The Morgan fingerprint density at radius 1 is 1.45 bits per heavy atom. The fraction of sp³-hybridized carbons (Fsp3) is 0.286. The summed E-state index contributed by atoms with van der Waals surface area (Å²) in [4.78, 5) is 17.5. The van der Waals surface area contributed by atoms with E-state index >= 15 is 0 Å². The molecule has 1 amide bonds. The largest absolute Gasteiger partial charge is 0.371 e. The summed E-state index contributed by atoms with van der Waals surface area (Å²) in [6, 6.07) is 4.54. The fourth-order valence-electron chi connectivity index (χ4n) is 2.41. The summed E-state index contributed by atoms with van der Waals surface area (Å²) in [5.74, 6) is -0.504. The molecule has 2 heterocycles. The molecule has 1 aliphatic rings. The van der Waals surface area contributed by atoms with E-state index in [4.69, 9.17) is 11.6 Å². The van der Waals surface area contributed by atoms with Gasteiger partial charge in [-0.3, -0.25) is 9.78 Å². The summed E-state index contributed by atoms with van der Waals surface area (Å²) < 4.78 is 14.4. The van der Waals surface area contributed by atoms with Gasteiger partial charge in [0.15, 0.2) is 5.82 Å². The Labute approximate surface area is 120 Å². The number of amides is 1. The summed E-state index contributed by atoms with van der Waals surface area (Å²) in [7, 11) is 1.74. The minimum atomic E-state index is -0.479. The number of benzene rings is 1. The van der Waals surface area contributed by atoms with Gasteiger partial charge in [0.25, 0.3) is 0 Å². The second kappa shape index (κ2) is 4.90. The Morgan fingerprint density at radius 2 is 2.25 bits per heavy atom. The summed E-state index contributed by atoms with van der Waals surface area (Å²) in [6.45, 7) is 0.676. The minimum Gasteiger partial charge on any atom is -0.371 e. The van der Waals surface area contributed by atoms with Crippen LogP contribution >= 0.6 is 11.6 Å². The van der Waals surface area contributed by atoms with E-state index in [1.165, 1.54) is 6.20 Å². The summed E-state index contributed by atoms with van der Waals surface area (Å²) in [6.07, 6.45) is 2.13. The number of nitrogens with zero attached hydrogens (tertiary/aromatic N) is 2. The monoisotopic (exact) mass is 293 g/mol. The van der Waals surface area contributed by atoms with Crippen LogP contribution in [0.4, 0.5) is 10.1 Å². The molecule has 1 aromatic heterocycles. The van der Waals surface area contributed by atoms with E-state index in [-0.39, 0.29) is 23.2 Å². The third kappa shape index (κ3) is 2.08. The van der Waals surface area contributed by atoms with Crippen molar-refractivity contribution in [2.24, 2.45) is 0 Å². The van der Waals surface area contributed by atoms with Crippen molar-refractivity contribution in [3.8, 4) is 0 Å². The molecule has 3 rings (SSSR count). The number of rotatable bonds is 2. The highest BCUT2D eigenvalue weighted by Gasteiger charge is 2.29. The molecule has 0 saturated carbocycles. The Bertz CT molecular complexity index is 691. The van der Waals surface area contributed by atoms with Crippen LogP contribution in [-0.4, -0.2) is 35.4 Å². The number of likely N-dealkylation sites (tertiary alicyclic amines) is 1. The lowest BCUT2D eigenvalue weighted by Gasteiger charge is -2.15. The quantitative estimate of drug-likeness (QED) is 0.926. The average molecular weight is 294 g/mol. The van der Waals surface area contributed by atoms with Crippen LogP contribution < -0.4 is 5.32 Å². The molecular weight excluding hydrogens is 281 g/mol. The van der Waals surface area contributed by atoms with Gasteiger partial charge in [0, 0.05) is 25.2 Å². The van der Waals surface area contributed by atoms with E-state index in [0.717, 1.165) is 0 Å². The van der Waals surface area contributed by atoms with Crippen molar-refractivity contribution in [2.45, 2.75) is 12.5 Å². The third-order valence-corrected chi connectivity index (χ3v) is 3.88. The van der Waals surface area contributed by atoms with Crippen molar-refractivity contribution < 1.29 is 9.18 Å². The van der Waals surface area contributed by atoms with E-state index < -0.39 is 5.82 Å². The first kappa shape index (κ1) is 13.1. The molecule has 0 spiro atoms. The number of hydrogen-bond donors (Lipinski definition) is 1. The maximum atomic E-state index is 14.4. The lowest BCUT2D eigenvalue weighted by Crippen LogP contribution is -2.31. The zero-order valence-electron chi connectivity index (χ0n) is 10.9. The lowest BCUT2D eigenvalue weighted by molar-refractivity contribution is -0.127. The summed E-state index contributed by atoms with van der Waals surface area (Å²) in [5, 5.41) is 3.97. The van der Waals surface area contributed by atoms with E-state index in [1.807, 2.05) is 0 Å². The standard InChI is InChI=1S/C14H13ClFN3O/c1-19-7-5-11(14(19)20)18-10-3-2-8-9(15)4-6-17-13(8)12(10)16/h2-4,6,11,18H,5,7H2,1H3. The van der Waals surface area contributed by atoms with Gasteiger partial charge in [0.05, 0.1) is 10.7 Å². The van der Waals surface area contributed by atoms with Crippen LogP contribution in [0.2, 0.25) is 5.02 Å². The van der Waals surface area contributed by atoms with Crippen LogP contribution in [0, 0.1) is 5.82 Å². The van der Waals surface area contributed by atoms with Crippen molar-refractivity contribution in [3.05, 3.63) is 35.2 Å². The highest BCUT2D eigenvalue weighted by molar-refractivity contribution is 6.35. The van der Waals surface area contributed by atoms with Gasteiger partial charge in [-0.25, -0.2) is 4.39 Å². The molecule has 2 aromatic rings. The van der Waals surface area contributed by atoms with Gasteiger partial charge in [-0.15, -0.1) is 0 Å². The number of carbonyl (C=O) groups excluding carboxylic acids is 1. The SMILES string of the molecule is CN1CCC(Nc2ccc3c(Cl)ccnc3c2F)C1=O. The van der Waals surface area contributed by atoms with E-state index in [1.54, 1.807) is 30.1 Å². The van der Waals surface area contributed by atoms with Gasteiger partial charge in [-0.2, -0.15) is 0 Å². The Kier molecular flexibility index (Phi) is 3.22. The summed E-state index contributed by atoms with van der Waals surface area (Å²) >= 11 is 6.01. The van der Waals surface area contributed by atoms with Gasteiger partial charge in [0.2, 0.25) is 5.91 Å². The fourth-order valence-corrected chi connectivity index (χ4v) is 2.61. The minimum absolute atomic E-state index is 0.0245. The van der Waals surface area contributed by atoms with Crippen LogP contribution in [0.3, 0.4) is 0 Å². The molecule has 1 fully saturated rings. The maximum absolute atomic E-state index is 14.4. The molecule has 1 N–H and O–H groups in total. The molecule has 0 aliphatic carbocycles. The van der Waals surface area contributed by atoms with Crippen LogP contribution in [0.15, 0.2) is 24.4 Å². The predicted molar refractivity (Wildman–Crippen MR) is 76.4 cm³/mol. The molecule has 20 heavy (non-hydrogen) atoms. The van der Waals surface area contributed by atoms with Gasteiger partial charge in [-0.05, 0) is 24.6 Å². The van der Waals surface area contributed by atoms with Crippen LogP contribution in [0.25, 0.3) is 10.9 Å². The zero-order chi connectivity index (χ0) is 14.3. The number of hydrogen-bond acceptors (Lipinski definition) is 3. The Morgan fingerprint density at radius 3 is 2.95 bits per heavy atom. The molecule has 6 heteroatoms. The van der Waals surface area contributed by atoms with Crippen molar-refractivity contribution in [2.75, 3.05) is 18.9 Å². The third-order valence-electron chi connectivity index (χ3n) is 3.56. The van der Waals surface area contributed by atoms with E-state index in [0.29, 0.717) is 23.4 Å². The number of halogens is 2. The molecule has 1 atom stereocenters. The number of carbonyl (C=O) groups is 1. The highest BCUT2D eigenvalue weighted by atomic mass is 35.5. The highest BCUT2D eigenvalue weighted by Crippen LogP contribution is 2.29. The molecule has 1 saturated heterocycles. The number of anilines is 1. The topological polar surface area (TPSA) is 45.2 Å². The molecular formula is C14H13ClFN3O. The van der Waals surface area contributed by atoms with Crippen molar-refractivity contribution in [3.63, 3.8) is 0 Å². The smallest absolute Gasteiger partial charge is 0.244 e.